The van der Waals surface area contributed by atoms with Gasteiger partial charge in [0.15, 0.2) is 17.3 Å². The highest BCUT2D eigenvalue weighted by Crippen LogP contribution is 2.41. The number of carbonyl (C=O) groups is 2. The van der Waals surface area contributed by atoms with Gasteiger partial charge in [-0.1, -0.05) is 49.4 Å². The van der Waals surface area contributed by atoms with Crippen molar-refractivity contribution in [3.05, 3.63) is 77.5 Å². The average molecular weight is 475 g/mol. The maximum Gasteiger partial charge on any atom is 0.320 e. The van der Waals surface area contributed by atoms with Crippen LogP contribution in [-0.4, -0.2) is 39.1 Å². The molecule has 0 fully saturated rings. The van der Waals surface area contributed by atoms with Crippen molar-refractivity contribution in [2.24, 2.45) is 0 Å². The number of rotatable bonds is 9. The second kappa shape index (κ2) is 10.5. The van der Waals surface area contributed by atoms with Gasteiger partial charge >= 0.3 is 6.47 Å². The number of ketones is 1. The lowest BCUT2D eigenvalue weighted by molar-refractivity contribution is -0.130. The second-order valence-electron chi connectivity index (χ2n) is 8.44. The summed E-state index contributed by atoms with van der Waals surface area (Å²) >= 11 is 0. The van der Waals surface area contributed by atoms with Crippen LogP contribution in [-0.2, 0) is 9.63 Å². The SMILES string of the molecule is CCC(CNC=C1C(=O)c2cc(OC)c(OC)cc2N(OC=O)C1C)c1cccc2ccccc12. The molecular weight excluding hydrogens is 444 g/mol. The zero-order valence-corrected chi connectivity index (χ0v) is 20.4. The minimum atomic E-state index is -0.497. The maximum absolute atomic E-state index is 13.5. The van der Waals surface area contributed by atoms with E-state index in [1.807, 2.05) is 13.0 Å². The van der Waals surface area contributed by atoms with Crippen molar-refractivity contribution in [2.45, 2.75) is 32.2 Å². The first-order valence-corrected chi connectivity index (χ1v) is 11.6. The number of ether oxygens (including phenoxy) is 2. The molecule has 3 aromatic carbocycles. The number of carbonyl (C=O) groups excluding carboxylic acids is 2. The first kappa shape index (κ1) is 24.1. The van der Waals surface area contributed by atoms with Crippen molar-refractivity contribution in [1.82, 2.24) is 5.32 Å². The third kappa shape index (κ3) is 4.54. The number of anilines is 1. The van der Waals surface area contributed by atoms with Crippen molar-refractivity contribution in [3.8, 4) is 11.5 Å². The predicted octanol–water partition coefficient (Wildman–Crippen LogP) is 5.00. The number of hydrogen-bond donors (Lipinski definition) is 1. The van der Waals surface area contributed by atoms with E-state index in [0.29, 0.717) is 41.3 Å². The van der Waals surface area contributed by atoms with E-state index in [9.17, 15) is 9.59 Å². The number of methoxy groups -OCH3 is 2. The van der Waals surface area contributed by atoms with Gasteiger partial charge in [-0.05, 0) is 35.7 Å². The first-order chi connectivity index (χ1) is 17.0. The van der Waals surface area contributed by atoms with Crippen LogP contribution in [0.2, 0.25) is 0 Å². The fraction of sp³-hybridized carbons (Fsp3) is 0.286. The molecule has 0 spiro atoms. The predicted molar refractivity (Wildman–Crippen MR) is 136 cm³/mol. The van der Waals surface area contributed by atoms with E-state index >= 15 is 0 Å². The van der Waals surface area contributed by atoms with Crippen LogP contribution in [0.3, 0.4) is 0 Å². The highest BCUT2D eigenvalue weighted by molar-refractivity contribution is 6.15. The topological polar surface area (TPSA) is 77.1 Å². The van der Waals surface area contributed by atoms with Crippen molar-refractivity contribution in [2.75, 3.05) is 25.8 Å². The normalized spacial score (nSPS) is 17.1. The van der Waals surface area contributed by atoms with Gasteiger partial charge in [0, 0.05) is 30.3 Å². The summed E-state index contributed by atoms with van der Waals surface area (Å²) in [6, 6.07) is 17.5. The van der Waals surface area contributed by atoms with E-state index in [2.05, 4.69) is 48.6 Å². The van der Waals surface area contributed by atoms with Gasteiger partial charge in [0.25, 0.3) is 0 Å². The zero-order valence-electron chi connectivity index (χ0n) is 20.4. The highest BCUT2D eigenvalue weighted by atomic mass is 16.7. The van der Waals surface area contributed by atoms with Gasteiger partial charge in [-0.3, -0.25) is 9.59 Å². The van der Waals surface area contributed by atoms with E-state index in [-0.39, 0.29) is 11.7 Å². The number of fused-ring (bicyclic) bond motifs is 2. The molecule has 182 valence electrons. The molecule has 0 aliphatic carbocycles. The molecule has 0 saturated heterocycles. The third-order valence-corrected chi connectivity index (χ3v) is 6.58. The number of Topliss-reactive ketones (excluding diaryl/α,β-unsaturated/α-hetero) is 1. The summed E-state index contributed by atoms with van der Waals surface area (Å²) in [5.41, 5.74) is 2.58. The molecule has 1 aliphatic heterocycles. The summed E-state index contributed by atoms with van der Waals surface area (Å²) in [6.45, 7) is 4.98. The molecule has 0 bridgehead atoms. The van der Waals surface area contributed by atoms with Crippen LogP contribution in [0.1, 0.15) is 42.1 Å². The Balaban J connectivity index is 1.64. The van der Waals surface area contributed by atoms with Crippen LogP contribution in [0.15, 0.2) is 66.4 Å². The van der Waals surface area contributed by atoms with Crippen LogP contribution < -0.4 is 19.9 Å². The Bertz CT molecular complexity index is 1260. The van der Waals surface area contributed by atoms with Crippen LogP contribution >= 0.6 is 0 Å². The van der Waals surface area contributed by atoms with Gasteiger partial charge in [0.1, 0.15) is 0 Å². The summed E-state index contributed by atoms with van der Waals surface area (Å²) in [5, 5.41) is 7.23. The summed E-state index contributed by atoms with van der Waals surface area (Å²) in [4.78, 5) is 30.0. The van der Waals surface area contributed by atoms with Crippen molar-refractivity contribution < 1.29 is 23.9 Å². The fourth-order valence-electron chi connectivity index (χ4n) is 4.69. The van der Waals surface area contributed by atoms with Gasteiger partial charge in [-0.15, -0.1) is 0 Å². The summed E-state index contributed by atoms with van der Waals surface area (Å²) in [5.74, 6) is 0.961. The second-order valence-corrected chi connectivity index (χ2v) is 8.44. The molecule has 0 aromatic heterocycles. The largest absolute Gasteiger partial charge is 0.493 e. The average Bonchev–Trinajstić information content (AvgIpc) is 2.89. The Labute approximate surface area is 205 Å². The van der Waals surface area contributed by atoms with Gasteiger partial charge < -0.3 is 19.6 Å². The molecule has 0 amide bonds. The first-order valence-electron chi connectivity index (χ1n) is 11.6. The molecule has 4 rings (SSSR count). The molecular formula is C28H30N2O5. The number of benzene rings is 3. The number of hydroxylamine groups is 1. The molecule has 1 heterocycles. The number of nitrogens with one attached hydrogen (secondary N) is 1. The lowest BCUT2D eigenvalue weighted by Crippen LogP contribution is -2.42. The zero-order chi connectivity index (χ0) is 24.9. The maximum atomic E-state index is 13.5. The minimum absolute atomic E-state index is 0.162. The Morgan fingerprint density at radius 3 is 2.49 bits per heavy atom. The Hall–Kier alpha value is -4.00. The van der Waals surface area contributed by atoms with Crippen molar-refractivity contribution >= 4 is 28.7 Å². The Morgan fingerprint density at radius 2 is 1.77 bits per heavy atom. The van der Waals surface area contributed by atoms with Crippen LogP contribution in [0.25, 0.3) is 10.8 Å². The number of hydrogen-bond acceptors (Lipinski definition) is 7. The molecule has 35 heavy (non-hydrogen) atoms. The van der Waals surface area contributed by atoms with E-state index in [1.54, 1.807) is 18.3 Å². The molecule has 1 aliphatic rings. The quantitative estimate of drug-likeness (QED) is 0.345. The van der Waals surface area contributed by atoms with E-state index in [0.717, 1.165) is 6.42 Å². The molecule has 0 radical (unpaired) electrons. The van der Waals surface area contributed by atoms with Gasteiger partial charge in [-0.2, -0.15) is 5.06 Å². The molecule has 2 unspecified atom stereocenters. The molecule has 3 aromatic rings. The highest BCUT2D eigenvalue weighted by Gasteiger charge is 2.36. The summed E-state index contributed by atoms with van der Waals surface area (Å²) < 4.78 is 10.7. The van der Waals surface area contributed by atoms with Crippen LogP contribution in [0.4, 0.5) is 5.69 Å². The van der Waals surface area contributed by atoms with Gasteiger partial charge in [-0.25, -0.2) is 0 Å². The summed E-state index contributed by atoms with van der Waals surface area (Å²) in [6.07, 6.45) is 2.68. The fourth-order valence-corrected chi connectivity index (χ4v) is 4.69. The third-order valence-electron chi connectivity index (χ3n) is 6.58. The molecule has 2 atom stereocenters. The van der Waals surface area contributed by atoms with Crippen LogP contribution in [0, 0.1) is 0 Å². The monoisotopic (exact) mass is 474 g/mol. The molecule has 0 saturated carbocycles. The summed E-state index contributed by atoms with van der Waals surface area (Å²) in [7, 11) is 3.02. The Morgan fingerprint density at radius 1 is 1.06 bits per heavy atom. The van der Waals surface area contributed by atoms with Crippen molar-refractivity contribution in [3.63, 3.8) is 0 Å². The molecule has 7 heteroatoms. The van der Waals surface area contributed by atoms with Crippen LogP contribution in [0.5, 0.6) is 11.5 Å². The van der Waals surface area contributed by atoms with Gasteiger partial charge in [0.2, 0.25) is 0 Å². The molecule has 7 nitrogen and oxygen atoms in total. The Kier molecular flexibility index (Phi) is 7.25. The minimum Gasteiger partial charge on any atom is -0.493 e. The number of nitrogens with zero attached hydrogens (tertiary/aromatic N) is 1. The van der Waals surface area contributed by atoms with E-state index in [4.69, 9.17) is 14.3 Å². The standard InChI is InChI=1S/C28H30N2O5/c1-5-19(21-12-8-10-20-9-6-7-11-22(20)21)15-29-16-24-18(2)30(35-17-31)25-14-27(34-4)26(33-3)13-23(25)28(24)32/h6-14,16-19,29H,5,15H2,1-4H3. The lowest BCUT2D eigenvalue weighted by Gasteiger charge is -2.35. The molecule has 1 N–H and O–H groups in total. The van der Waals surface area contributed by atoms with E-state index in [1.165, 1.54) is 35.6 Å². The van der Waals surface area contributed by atoms with Gasteiger partial charge in [0.05, 0.1) is 31.5 Å². The van der Waals surface area contributed by atoms with Crippen molar-refractivity contribution in [1.29, 1.82) is 0 Å². The smallest absolute Gasteiger partial charge is 0.320 e. The van der Waals surface area contributed by atoms with E-state index < -0.39 is 6.04 Å². The lowest BCUT2D eigenvalue weighted by atomic mass is 9.90.